The van der Waals surface area contributed by atoms with E-state index in [1.54, 1.807) is 0 Å². The SMILES string of the molecule is c1ccc(-c2ccc(-n3c4ccccc4c4c3ccc3c5ccccc5n(-c5ccc(N(c6ccccc6)c6ccccc6)cc5)c34)cc2)cc1. The van der Waals surface area contributed by atoms with Crippen LogP contribution in [0.25, 0.3) is 66.1 Å². The Balaban J connectivity index is 1.19. The molecule has 240 valence electrons. The van der Waals surface area contributed by atoms with Gasteiger partial charge in [-0.3, -0.25) is 0 Å². The number of anilines is 3. The first-order chi connectivity index (χ1) is 25.3. The molecule has 0 saturated carbocycles. The van der Waals surface area contributed by atoms with Crippen molar-refractivity contribution in [2.75, 3.05) is 4.90 Å². The highest BCUT2D eigenvalue weighted by atomic mass is 15.1. The summed E-state index contributed by atoms with van der Waals surface area (Å²) < 4.78 is 4.88. The van der Waals surface area contributed by atoms with E-state index in [-0.39, 0.29) is 0 Å². The van der Waals surface area contributed by atoms with Gasteiger partial charge in [0.2, 0.25) is 0 Å². The summed E-state index contributed by atoms with van der Waals surface area (Å²) in [6.07, 6.45) is 0. The van der Waals surface area contributed by atoms with Crippen LogP contribution in [0.5, 0.6) is 0 Å². The minimum absolute atomic E-state index is 1.11. The molecule has 0 aliphatic heterocycles. The number of aromatic nitrogens is 2. The molecule has 3 nitrogen and oxygen atoms in total. The van der Waals surface area contributed by atoms with Crippen molar-refractivity contribution < 1.29 is 0 Å². The second kappa shape index (κ2) is 11.9. The number of fused-ring (bicyclic) bond motifs is 7. The van der Waals surface area contributed by atoms with Crippen molar-refractivity contribution in [1.82, 2.24) is 9.13 Å². The van der Waals surface area contributed by atoms with Gasteiger partial charge in [-0.2, -0.15) is 0 Å². The largest absolute Gasteiger partial charge is 0.311 e. The summed E-state index contributed by atoms with van der Waals surface area (Å²) in [6, 6.07) is 71.9. The fraction of sp³-hybridized carbons (Fsp3) is 0. The third-order valence-corrected chi connectivity index (χ3v) is 10.1. The van der Waals surface area contributed by atoms with Gasteiger partial charge in [-0.25, -0.2) is 0 Å². The summed E-state index contributed by atoms with van der Waals surface area (Å²) in [5.41, 5.74) is 12.9. The van der Waals surface area contributed by atoms with Crippen LogP contribution in [0.3, 0.4) is 0 Å². The van der Waals surface area contributed by atoms with E-state index in [2.05, 4.69) is 214 Å². The maximum absolute atomic E-state index is 2.46. The number of hydrogen-bond acceptors (Lipinski definition) is 1. The smallest absolute Gasteiger partial charge is 0.0641 e. The fourth-order valence-electron chi connectivity index (χ4n) is 7.84. The van der Waals surface area contributed by atoms with Crippen LogP contribution in [-0.2, 0) is 0 Å². The van der Waals surface area contributed by atoms with E-state index < -0.39 is 0 Å². The van der Waals surface area contributed by atoms with E-state index in [0.717, 1.165) is 28.4 Å². The zero-order valence-corrected chi connectivity index (χ0v) is 27.9. The van der Waals surface area contributed by atoms with Crippen LogP contribution < -0.4 is 4.90 Å². The zero-order chi connectivity index (χ0) is 33.7. The molecule has 2 heterocycles. The Labute approximate surface area is 296 Å². The molecule has 0 aliphatic rings. The maximum atomic E-state index is 2.46. The van der Waals surface area contributed by atoms with Gasteiger partial charge in [0.05, 0.1) is 22.1 Å². The van der Waals surface area contributed by atoms with Crippen LogP contribution in [0, 0.1) is 0 Å². The van der Waals surface area contributed by atoms with Crippen LogP contribution in [0.4, 0.5) is 17.1 Å². The lowest BCUT2D eigenvalue weighted by molar-refractivity contribution is 1.17. The molecule has 0 N–H and O–H groups in total. The highest BCUT2D eigenvalue weighted by Gasteiger charge is 2.21. The first-order valence-electron chi connectivity index (χ1n) is 17.5. The number of hydrogen-bond donors (Lipinski definition) is 0. The highest BCUT2D eigenvalue weighted by molar-refractivity contribution is 6.26. The molecule has 0 bridgehead atoms. The van der Waals surface area contributed by atoms with Gasteiger partial charge in [-0.05, 0) is 90.0 Å². The quantitative estimate of drug-likeness (QED) is 0.174. The summed E-state index contributed by atoms with van der Waals surface area (Å²) in [7, 11) is 0. The Morgan fingerprint density at radius 2 is 0.765 bits per heavy atom. The monoisotopic (exact) mass is 651 g/mol. The number of nitrogens with zero attached hydrogens (tertiary/aromatic N) is 3. The van der Waals surface area contributed by atoms with E-state index in [0.29, 0.717) is 0 Å². The Morgan fingerprint density at radius 3 is 1.41 bits per heavy atom. The molecule has 8 aromatic carbocycles. The first kappa shape index (κ1) is 29.1. The van der Waals surface area contributed by atoms with E-state index in [1.165, 1.54) is 54.7 Å². The van der Waals surface area contributed by atoms with Crippen molar-refractivity contribution >= 4 is 60.7 Å². The molecule has 10 rings (SSSR count). The number of para-hydroxylation sites is 4. The number of benzene rings is 8. The van der Waals surface area contributed by atoms with Crippen LogP contribution in [0.2, 0.25) is 0 Å². The summed E-state index contributed by atoms with van der Waals surface area (Å²) in [5.74, 6) is 0. The third kappa shape index (κ3) is 4.74. The molecule has 0 aliphatic carbocycles. The minimum Gasteiger partial charge on any atom is -0.311 e. The molecule has 3 heteroatoms. The van der Waals surface area contributed by atoms with E-state index in [9.17, 15) is 0 Å². The molecule has 0 amide bonds. The molecule has 0 radical (unpaired) electrons. The lowest BCUT2D eigenvalue weighted by Crippen LogP contribution is -2.09. The summed E-state index contributed by atoms with van der Waals surface area (Å²) in [6.45, 7) is 0. The lowest BCUT2D eigenvalue weighted by Gasteiger charge is -2.25. The van der Waals surface area contributed by atoms with Crippen molar-refractivity contribution in [2.45, 2.75) is 0 Å². The highest BCUT2D eigenvalue weighted by Crippen LogP contribution is 2.43. The van der Waals surface area contributed by atoms with E-state index in [4.69, 9.17) is 0 Å². The molecule has 0 atom stereocenters. The van der Waals surface area contributed by atoms with Crippen molar-refractivity contribution in [3.63, 3.8) is 0 Å². The van der Waals surface area contributed by atoms with Crippen LogP contribution >= 0.6 is 0 Å². The zero-order valence-electron chi connectivity index (χ0n) is 27.9. The molecular formula is C48H33N3. The van der Waals surface area contributed by atoms with Crippen LogP contribution in [0.1, 0.15) is 0 Å². The molecule has 0 unspecified atom stereocenters. The van der Waals surface area contributed by atoms with Gasteiger partial charge in [-0.1, -0.05) is 121 Å². The average Bonchev–Trinajstić information content (AvgIpc) is 3.73. The molecule has 51 heavy (non-hydrogen) atoms. The van der Waals surface area contributed by atoms with Gasteiger partial charge >= 0.3 is 0 Å². The third-order valence-electron chi connectivity index (χ3n) is 10.1. The van der Waals surface area contributed by atoms with Crippen molar-refractivity contribution in [3.8, 4) is 22.5 Å². The second-order valence-corrected chi connectivity index (χ2v) is 13.0. The van der Waals surface area contributed by atoms with E-state index >= 15 is 0 Å². The summed E-state index contributed by atoms with van der Waals surface area (Å²) in [4.78, 5) is 2.31. The molecule has 0 fully saturated rings. The lowest BCUT2D eigenvalue weighted by atomic mass is 10.1. The van der Waals surface area contributed by atoms with Gasteiger partial charge in [0.25, 0.3) is 0 Å². The van der Waals surface area contributed by atoms with Gasteiger partial charge in [-0.15, -0.1) is 0 Å². The molecular weight excluding hydrogens is 619 g/mol. The minimum atomic E-state index is 1.11. The molecule has 10 aromatic rings. The Hall–Kier alpha value is -6.84. The summed E-state index contributed by atoms with van der Waals surface area (Å²) in [5, 5.41) is 4.99. The normalized spacial score (nSPS) is 11.5. The van der Waals surface area contributed by atoms with E-state index in [1.807, 2.05) is 0 Å². The fourth-order valence-corrected chi connectivity index (χ4v) is 7.84. The maximum Gasteiger partial charge on any atom is 0.0641 e. The second-order valence-electron chi connectivity index (χ2n) is 13.0. The Kier molecular flexibility index (Phi) is 6.81. The van der Waals surface area contributed by atoms with Gasteiger partial charge < -0.3 is 14.0 Å². The van der Waals surface area contributed by atoms with Gasteiger partial charge in [0.15, 0.2) is 0 Å². The van der Waals surface area contributed by atoms with Crippen LogP contribution in [-0.4, -0.2) is 9.13 Å². The van der Waals surface area contributed by atoms with Gasteiger partial charge in [0, 0.05) is 50.0 Å². The standard InChI is InChI=1S/C48H33N3/c1-4-14-34(15-5-1)35-24-26-39(27-25-35)50-45-23-13-11-21-43(45)47-46(50)33-32-42-41-20-10-12-22-44(41)51(48(42)47)40-30-28-38(29-31-40)49(36-16-6-2-7-17-36)37-18-8-3-9-19-37/h1-33H. The average molecular weight is 652 g/mol. The number of rotatable bonds is 6. The van der Waals surface area contributed by atoms with Crippen molar-refractivity contribution in [2.24, 2.45) is 0 Å². The molecule has 2 aromatic heterocycles. The Morgan fingerprint density at radius 1 is 0.294 bits per heavy atom. The Bertz CT molecular complexity index is 2770. The van der Waals surface area contributed by atoms with Gasteiger partial charge in [0.1, 0.15) is 0 Å². The van der Waals surface area contributed by atoms with Crippen LogP contribution in [0.15, 0.2) is 200 Å². The first-order valence-corrected chi connectivity index (χ1v) is 17.5. The predicted molar refractivity (Wildman–Crippen MR) is 215 cm³/mol. The van der Waals surface area contributed by atoms with Crippen molar-refractivity contribution in [1.29, 1.82) is 0 Å². The van der Waals surface area contributed by atoms with Crippen molar-refractivity contribution in [3.05, 3.63) is 200 Å². The predicted octanol–water partition coefficient (Wildman–Crippen LogP) is 13.0. The molecule has 0 spiro atoms. The topological polar surface area (TPSA) is 13.1 Å². The molecule has 0 saturated heterocycles. The summed E-state index contributed by atoms with van der Waals surface area (Å²) >= 11 is 0.